The number of aliphatic carboxylic acids is 1. The van der Waals surface area contributed by atoms with Crippen LogP contribution < -0.4 is 4.74 Å². The smallest absolute Gasteiger partial charge is 0.303 e. The number of halogens is 2. The second-order valence-electron chi connectivity index (χ2n) is 2.99. The van der Waals surface area contributed by atoms with Crippen LogP contribution in [0.15, 0.2) is 12.1 Å². The summed E-state index contributed by atoms with van der Waals surface area (Å²) in [5, 5.41) is 8.61. The quantitative estimate of drug-likeness (QED) is 0.868. The van der Waals surface area contributed by atoms with Gasteiger partial charge in [-0.15, -0.1) is 0 Å². The molecule has 3 nitrogen and oxygen atoms in total. The lowest BCUT2D eigenvalue weighted by atomic mass is 10.1. The number of hydrogen-bond donors (Lipinski definition) is 1. The van der Waals surface area contributed by atoms with E-state index in [9.17, 15) is 9.18 Å². The number of carboxylic acids is 1. The zero-order valence-corrected chi connectivity index (χ0v) is 8.84. The lowest BCUT2D eigenvalue weighted by Gasteiger charge is -2.06. The molecule has 15 heavy (non-hydrogen) atoms. The van der Waals surface area contributed by atoms with Crippen molar-refractivity contribution >= 4 is 17.6 Å². The average molecular weight is 233 g/mol. The molecule has 1 aromatic rings. The molecule has 1 N–H and O–H groups in total. The average Bonchev–Trinajstić information content (AvgIpc) is 2.14. The maximum Gasteiger partial charge on any atom is 0.303 e. The fraction of sp³-hybridized carbons (Fsp3) is 0.300. The minimum Gasteiger partial charge on any atom is -0.492 e. The van der Waals surface area contributed by atoms with Gasteiger partial charge in [-0.2, -0.15) is 0 Å². The SMILES string of the molecule is COc1c(F)cc(CCC(=O)O)cc1Cl. The van der Waals surface area contributed by atoms with Crippen LogP contribution >= 0.6 is 11.6 Å². The lowest BCUT2D eigenvalue weighted by molar-refractivity contribution is -0.136. The van der Waals surface area contributed by atoms with E-state index in [1.54, 1.807) is 0 Å². The van der Waals surface area contributed by atoms with Gasteiger partial charge >= 0.3 is 5.97 Å². The van der Waals surface area contributed by atoms with Gasteiger partial charge in [-0.25, -0.2) is 4.39 Å². The van der Waals surface area contributed by atoms with Gasteiger partial charge < -0.3 is 9.84 Å². The molecule has 0 aliphatic rings. The Bertz CT molecular complexity index is 356. The first-order chi connectivity index (χ1) is 7.04. The van der Waals surface area contributed by atoms with Crippen molar-refractivity contribution in [2.24, 2.45) is 0 Å². The van der Waals surface area contributed by atoms with E-state index in [0.717, 1.165) is 0 Å². The number of carbonyl (C=O) groups is 1. The van der Waals surface area contributed by atoms with Crippen molar-refractivity contribution in [2.45, 2.75) is 12.8 Å². The third-order valence-electron chi connectivity index (χ3n) is 1.89. The highest BCUT2D eigenvalue weighted by Crippen LogP contribution is 2.29. The summed E-state index contributed by atoms with van der Waals surface area (Å²) in [6.45, 7) is 0. The van der Waals surface area contributed by atoms with Crippen molar-refractivity contribution < 1.29 is 19.0 Å². The molecule has 0 saturated heterocycles. The van der Waals surface area contributed by atoms with Crippen molar-refractivity contribution in [3.05, 3.63) is 28.5 Å². The Kier molecular flexibility index (Phi) is 3.91. The van der Waals surface area contributed by atoms with E-state index < -0.39 is 11.8 Å². The highest BCUT2D eigenvalue weighted by atomic mass is 35.5. The van der Waals surface area contributed by atoms with Crippen LogP contribution in [-0.4, -0.2) is 18.2 Å². The molecule has 5 heteroatoms. The second-order valence-corrected chi connectivity index (χ2v) is 3.39. The van der Waals surface area contributed by atoms with Crippen molar-refractivity contribution in [1.29, 1.82) is 0 Å². The van der Waals surface area contributed by atoms with Gasteiger partial charge in [0.15, 0.2) is 11.6 Å². The summed E-state index contributed by atoms with van der Waals surface area (Å²) < 4.78 is 18.0. The molecule has 1 rings (SSSR count). The van der Waals surface area contributed by atoms with E-state index in [-0.39, 0.29) is 23.6 Å². The first-order valence-electron chi connectivity index (χ1n) is 4.28. The fourth-order valence-corrected chi connectivity index (χ4v) is 1.51. The normalized spacial score (nSPS) is 10.1. The van der Waals surface area contributed by atoms with E-state index in [2.05, 4.69) is 0 Å². The van der Waals surface area contributed by atoms with E-state index in [1.165, 1.54) is 19.2 Å². The van der Waals surface area contributed by atoms with Crippen LogP contribution in [0.1, 0.15) is 12.0 Å². The molecule has 0 aliphatic carbocycles. The molecule has 0 radical (unpaired) electrons. The summed E-state index contributed by atoms with van der Waals surface area (Å²) in [5.41, 5.74) is 0.542. The maximum absolute atomic E-state index is 13.3. The predicted octanol–water partition coefficient (Wildman–Crippen LogP) is 2.50. The predicted molar refractivity (Wildman–Crippen MR) is 53.9 cm³/mol. The summed E-state index contributed by atoms with van der Waals surface area (Å²) in [7, 11) is 1.32. The minimum atomic E-state index is -0.928. The molecule has 0 atom stereocenters. The third kappa shape index (κ3) is 3.09. The minimum absolute atomic E-state index is 0.0178. The van der Waals surface area contributed by atoms with Gasteiger partial charge in [0, 0.05) is 6.42 Å². The molecule has 0 heterocycles. The Morgan fingerprint density at radius 2 is 2.27 bits per heavy atom. The fourth-order valence-electron chi connectivity index (χ4n) is 1.20. The van der Waals surface area contributed by atoms with Crippen molar-refractivity contribution in [3.8, 4) is 5.75 Å². The van der Waals surface area contributed by atoms with Crippen molar-refractivity contribution in [1.82, 2.24) is 0 Å². The number of methoxy groups -OCH3 is 1. The van der Waals surface area contributed by atoms with E-state index >= 15 is 0 Å². The number of ether oxygens (including phenoxy) is 1. The van der Waals surface area contributed by atoms with E-state index in [0.29, 0.717) is 5.56 Å². The highest BCUT2D eigenvalue weighted by Gasteiger charge is 2.10. The molecular formula is C10H10ClFO3. The number of hydrogen-bond acceptors (Lipinski definition) is 2. The Labute approximate surface area is 91.4 Å². The van der Waals surface area contributed by atoms with Crippen LogP contribution in [0.4, 0.5) is 4.39 Å². The summed E-state index contributed by atoms with van der Waals surface area (Å²) >= 11 is 5.74. The zero-order valence-electron chi connectivity index (χ0n) is 8.09. The van der Waals surface area contributed by atoms with Crippen LogP contribution in [-0.2, 0) is 11.2 Å². The van der Waals surface area contributed by atoms with Crippen molar-refractivity contribution in [2.75, 3.05) is 7.11 Å². The van der Waals surface area contributed by atoms with Gasteiger partial charge in [-0.1, -0.05) is 11.6 Å². The van der Waals surface area contributed by atoms with Crippen LogP contribution in [0, 0.1) is 5.82 Å². The molecule has 1 aromatic carbocycles. The maximum atomic E-state index is 13.3. The van der Waals surface area contributed by atoms with Gasteiger partial charge in [0.25, 0.3) is 0 Å². The van der Waals surface area contributed by atoms with Gasteiger partial charge in [0.05, 0.1) is 12.1 Å². The molecule has 0 unspecified atom stereocenters. The zero-order chi connectivity index (χ0) is 11.4. The molecule has 0 amide bonds. The van der Waals surface area contributed by atoms with Crippen LogP contribution in [0.5, 0.6) is 5.75 Å². The van der Waals surface area contributed by atoms with Gasteiger partial charge in [-0.05, 0) is 24.1 Å². The lowest BCUT2D eigenvalue weighted by Crippen LogP contribution is -1.99. The summed E-state index contributed by atoms with van der Waals surface area (Å²) in [6, 6.07) is 2.74. The van der Waals surface area contributed by atoms with Gasteiger partial charge in [-0.3, -0.25) is 4.79 Å². The van der Waals surface area contributed by atoms with Gasteiger partial charge in [0.1, 0.15) is 0 Å². The van der Waals surface area contributed by atoms with Crippen molar-refractivity contribution in [3.63, 3.8) is 0 Å². The van der Waals surface area contributed by atoms with Crippen LogP contribution in [0.2, 0.25) is 5.02 Å². The number of aryl methyl sites for hydroxylation is 1. The molecule has 0 bridgehead atoms. The van der Waals surface area contributed by atoms with Crippen LogP contribution in [0.3, 0.4) is 0 Å². The topological polar surface area (TPSA) is 46.5 Å². The van der Waals surface area contributed by atoms with E-state index in [1.807, 2.05) is 0 Å². The summed E-state index contributed by atoms with van der Waals surface area (Å²) in [6.07, 6.45) is 0.193. The Morgan fingerprint density at radius 3 is 2.73 bits per heavy atom. The molecule has 0 saturated carbocycles. The molecule has 0 fully saturated rings. The second kappa shape index (κ2) is 4.98. The monoisotopic (exact) mass is 232 g/mol. The molecular weight excluding hydrogens is 223 g/mol. The number of rotatable bonds is 4. The largest absolute Gasteiger partial charge is 0.492 e. The molecule has 0 spiro atoms. The molecule has 0 aliphatic heterocycles. The molecule has 0 aromatic heterocycles. The van der Waals surface area contributed by atoms with E-state index in [4.69, 9.17) is 21.4 Å². The standard InChI is InChI=1S/C10H10ClFO3/c1-15-10-7(11)4-6(5-8(10)12)2-3-9(13)14/h4-5H,2-3H2,1H3,(H,13,14). The Balaban J connectivity index is 2.88. The van der Waals surface area contributed by atoms with Crippen LogP contribution in [0.25, 0.3) is 0 Å². The van der Waals surface area contributed by atoms with Gasteiger partial charge in [0.2, 0.25) is 0 Å². The summed E-state index contributed by atoms with van der Waals surface area (Å²) in [5.74, 6) is -1.52. The first kappa shape index (κ1) is 11.8. The Morgan fingerprint density at radius 1 is 1.60 bits per heavy atom. The third-order valence-corrected chi connectivity index (χ3v) is 2.17. The highest BCUT2D eigenvalue weighted by molar-refractivity contribution is 6.32. The number of benzene rings is 1. The first-order valence-corrected chi connectivity index (χ1v) is 4.66. The molecule has 82 valence electrons. The summed E-state index contributed by atoms with van der Waals surface area (Å²) in [4.78, 5) is 10.3. The Hall–Kier alpha value is -1.29. The number of carboxylic acid groups (broad SMARTS) is 1.